The highest BCUT2D eigenvalue weighted by Gasteiger charge is 2.45. The third-order valence-corrected chi connectivity index (χ3v) is 4.45. The molecule has 2 aliphatic rings. The lowest BCUT2D eigenvalue weighted by atomic mass is 9.88. The van der Waals surface area contributed by atoms with E-state index in [1.807, 2.05) is 18.2 Å². The summed E-state index contributed by atoms with van der Waals surface area (Å²) in [6.45, 7) is 3.01. The van der Waals surface area contributed by atoms with Crippen molar-refractivity contribution < 1.29 is 14.4 Å². The molecule has 1 heterocycles. The van der Waals surface area contributed by atoms with Gasteiger partial charge in [0.2, 0.25) is 5.91 Å². The minimum Gasteiger partial charge on any atom is -0.348 e. The summed E-state index contributed by atoms with van der Waals surface area (Å²) in [6, 6.07) is 7.49. The number of amides is 4. The van der Waals surface area contributed by atoms with Crippen LogP contribution in [0.5, 0.6) is 0 Å². The van der Waals surface area contributed by atoms with Gasteiger partial charge in [0.1, 0.15) is 12.1 Å². The summed E-state index contributed by atoms with van der Waals surface area (Å²) in [5.41, 5.74) is 1.43. The number of fused-ring (bicyclic) bond motifs is 1. The number of hydrogen-bond donors (Lipinski definition) is 2. The van der Waals surface area contributed by atoms with Crippen LogP contribution >= 0.6 is 0 Å². The molecular weight excluding hydrogens is 294 g/mol. The highest BCUT2D eigenvalue weighted by atomic mass is 16.2. The summed E-state index contributed by atoms with van der Waals surface area (Å²) in [7, 11) is 0. The van der Waals surface area contributed by atoms with E-state index in [0.717, 1.165) is 29.7 Å². The Hall–Kier alpha value is -2.37. The SMILES string of the molecule is CC1(C)NC(=O)N(CC(=O)N[C@@H]2CCCc3ccccc32)C1=O. The van der Waals surface area contributed by atoms with Crippen LogP contribution in [0.4, 0.5) is 4.79 Å². The van der Waals surface area contributed by atoms with Gasteiger partial charge in [-0.05, 0) is 44.2 Å². The van der Waals surface area contributed by atoms with Crippen LogP contribution in [0.1, 0.15) is 43.9 Å². The number of urea groups is 1. The van der Waals surface area contributed by atoms with Crippen molar-refractivity contribution in [2.45, 2.75) is 44.7 Å². The van der Waals surface area contributed by atoms with Crippen molar-refractivity contribution in [3.05, 3.63) is 35.4 Å². The maximum Gasteiger partial charge on any atom is 0.325 e. The molecular formula is C17H21N3O3. The zero-order chi connectivity index (χ0) is 16.6. The van der Waals surface area contributed by atoms with Crippen molar-refractivity contribution >= 4 is 17.8 Å². The smallest absolute Gasteiger partial charge is 0.325 e. The number of carbonyl (C=O) groups excluding carboxylic acids is 3. The van der Waals surface area contributed by atoms with Crippen molar-refractivity contribution in [1.82, 2.24) is 15.5 Å². The molecule has 1 aromatic carbocycles. The number of carbonyl (C=O) groups is 3. The lowest BCUT2D eigenvalue weighted by Gasteiger charge is -2.27. The van der Waals surface area contributed by atoms with Gasteiger partial charge in [-0.3, -0.25) is 14.5 Å². The molecule has 1 aliphatic heterocycles. The van der Waals surface area contributed by atoms with Gasteiger partial charge >= 0.3 is 6.03 Å². The molecule has 0 spiro atoms. The van der Waals surface area contributed by atoms with Gasteiger partial charge in [-0.15, -0.1) is 0 Å². The monoisotopic (exact) mass is 315 g/mol. The van der Waals surface area contributed by atoms with E-state index in [0.29, 0.717) is 0 Å². The quantitative estimate of drug-likeness (QED) is 0.830. The van der Waals surface area contributed by atoms with E-state index in [2.05, 4.69) is 16.7 Å². The molecule has 0 bridgehead atoms. The molecule has 0 radical (unpaired) electrons. The van der Waals surface area contributed by atoms with Gasteiger partial charge in [-0.2, -0.15) is 0 Å². The summed E-state index contributed by atoms with van der Waals surface area (Å²) in [5, 5.41) is 5.53. The second kappa shape index (κ2) is 5.68. The van der Waals surface area contributed by atoms with Crippen molar-refractivity contribution in [2.24, 2.45) is 0 Å². The Morgan fingerprint density at radius 1 is 1.35 bits per heavy atom. The zero-order valence-corrected chi connectivity index (χ0v) is 13.4. The van der Waals surface area contributed by atoms with Crippen molar-refractivity contribution in [3.63, 3.8) is 0 Å². The Labute approximate surface area is 135 Å². The number of benzene rings is 1. The van der Waals surface area contributed by atoms with Crippen LogP contribution in [-0.2, 0) is 16.0 Å². The topological polar surface area (TPSA) is 78.5 Å². The summed E-state index contributed by atoms with van der Waals surface area (Å²) in [6.07, 6.45) is 2.90. The Balaban J connectivity index is 1.67. The van der Waals surface area contributed by atoms with Crippen molar-refractivity contribution in [2.75, 3.05) is 6.54 Å². The molecule has 3 rings (SSSR count). The van der Waals surface area contributed by atoms with Crippen molar-refractivity contribution in [3.8, 4) is 0 Å². The number of nitrogens with one attached hydrogen (secondary N) is 2. The Kier molecular flexibility index (Phi) is 3.83. The minimum atomic E-state index is -0.950. The molecule has 1 aromatic rings. The average Bonchev–Trinajstić information content (AvgIpc) is 2.70. The Morgan fingerprint density at radius 3 is 2.78 bits per heavy atom. The van der Waals surface area contributed by atoms with E-state index in [-0.39, 0.29) is 24.4 Å². The molecule has 1 atom stereocenters. The maximum atomic E-state index is 12.3. The summed E-state index contributed by atoms with van der Waals surface area (Å²) in [4.78, 5) is 37.2. The third-order valence-electron chi connectivity index (χ3n) is 4.45. The van der Waals surface area contributed by atoms with Gasteiger partial charge in [0.15, 0.2) is 0 Å². The first-order valence-corrected chi connectivity index (χ1v) is 7.90. The van der Waals surface area contributed by atoms with Crippen LogP contribution in [0.15, 0.2) is 24.3 Å². The number of rotatable bonds is 3. The van der Waals surface area contributed by atoms with E-state index in [1.165, 1.54) is 5.56 Å². The molecule has 2 N–H and O–H groups in total. The molecule has 0 saturated carbocycles. The minimum absolute atomic E-state index is 0.0544. The van der Waals surface area contributed by atoms with Gasteiger partial charge in [-0.1, -0.05) is 24.3 Å². The molecule has 6 heteroatoms. The first kappa shape index (κ1) is 15.5. The third kappa shape index (κ3) is 2.93. The fourth-order valence-corrected chi connectivity index (χ4v) is 3.25. The summed E-state index contributed by atoms with van der Waals surface area (Å²) >= 11 is 0. The lowest BCUT2D eigenvalue weighted by molar-refractivity contribution is -0.134. The molecule has 1 saturated heterocycles. The van der Waals surface area contributed by atoms with Gasteiger partial charge in [0.25, 0.3) is 5.91 Å². The predicted octanol–water partition coefficient (Wildman–Crippen LogP) is 1.51. The molecule has 0 aromatic heterocycles. The Morgan fingerprint density at radius 2 is 2.09 bits per heavy atom. The van der Waals surface area contributed by atoms with Crippen LogP contribution in [0.25, 0.3) is 0 Å². The summed E-state index contributed by atoms with van der Waals surface area (Å²) < 4.78 is 0. The van der Waals surface area contributed by atoms with Gasteiger partial charge in [0.05, 0.1) is 6.04 Å². The molecule has 6 nitrogen and oxygen atoms in total. The molecule has 1 aliphatic carbocycles. The highest BCUT2D eigenvalue weighted by molar-refractivity contribution is 6.08. The van der Waals surface area contributed by atoms with Crippen LogP contribution in [0.2, 0.25) is 0 Å². The van der Waals surface area contributed by atoms with Crippen molar-refractivity contribution in [1.29, 1.82) is 0 Å². The van der Waals surface area contributed by atoms with E-state index >= 15 is 0 Å². The van der Waals surface area contributed by atoms with Crippen LogP contribution in [0, 0.1) is 0 Å². The zero-order valence-electron chi connectivity index (χ0n) is 13.4. The normalized spacial score (nSPS) is 22.5. The van der Waals surface area contributed by atoms with Crippen LogP contribution in [0.3, 0.4) is 0 Å². The van der Waals surface area contributed by atoms with E-state index in [9.17, 15) is 14.4 Å². The maximum absolute atomic E-state index is 12.3. The highest BCUT2D eigenvalue weighted by Crippen LogP contribution is 2.29. The van der Waals surface area contributed by atoms with Gasteiger partial charge in [0, 0.05) is 0 Å². The second-order valence-electron chi connectivity index (χ2n) is 6.66. The summed E-state index contributed by atoms with van der Waals surface area (Å²) in [5.74, 6) is -0.686. The first-order chi connectivity index (χ1) is 10.9. The number of aryl methyl sites for hydroxylation is 1. The molecule has 1 fully saturated rings. The lowest BCUT2D eigenvalue weighted by Crippen LogP contribution is -2.44. The van der Waals surface area contributed by atoms with Crippen LogP contribution in [-0.4, -0.2) is 34.8 Å². The average molecular weight is 315 g/mol. The van der Waals surface area contributed by atoms with Gasteiger partial charge in [-0.25, -0.2) is 4.79 Å². The molecule has 4 amide bonds. The molecule has 23 heavy (non-hydrogen) atoms. The second-order valence-corrected chi connectivity index (χ2v) is 6.66. The number of hydrogen-bond acceptors (Lipinski definition) is 3. The van der Waals surface area contributed by atoms with E-state index in [4.69, 9.17) is 0 Å². The van der Waals surface area contributed by atoms with Crippen LogP contribution < -0.4 is 10.6 Å². The standard InChI is InChI=1S/C17H21N3O3/c1-17(2)15(22)20(16(23)19-17)10-14(21)18-13-9-5-7-11-6-3-4-8-12(11)13/h3-4,6,8,13H,5,7,9-10H2,1-2H3,(H,18,21)(H,19,23)/t13-/m1/s1. The fourth-order valence-electron chi connectivity index (χ4n) is 3.25. The fraction of sp³-hybridized carbons (Fsp3) is 0.471. The Bertz CT molecular complexity index is 669. The van der Waals surface area contributed by atoms with E-state index < -0.39 is 11.6 Å². The van der Waals surface area contributed by atoms with Gasteiger partial charge < -0.3 is 10.6 Å². The number of nitrogens with zero attached hydrogens (tertiary/aromatic N) is 1. The number of imide groups is 1. The largest absolute Gasteiger partial charge is 0.348 e. The molecule has 0 unspecified atom stereocenters. The first-order valence-electron chi connectivity index (χ1n) is 7.90. The predicted molar refractivity (Wildman–Crippen MR) is 84.6 cm³/mol. The van der Waals surface area contributed by atoms with E-state index in [1.54, 1.807) is 13.8 Å². The molecule has 122 valence electrons.